The molecule has 1 N–H and O–H groups in total. The van der Waals surface area contributed by atoms with Crippen molar-refractivity contribution in [2.45, 2.75) is 12.3 Å². The molecule has 0 aliphatic carbocycles. The van der Waals surface area contributed by atoms with Crippen molar-refractivity contribution in [3.63, 3.8) is 0 Å². The number of benzene rings is 1. The molecule has 0 bridgehead atoms. The van der Waals surface area contributed by atoms with E-state index in [2.05, 4.69) is 5.32 Å². The molecule has 2 rings (SSSR count). The van der Waals surface area contributed by atoms with Gasteiger partial charge in [-0.05, 0) is 36.7 Å². The third-order valence-corrected chi connectivity index (χ3v) is 2.69. The van der Waals surface area contributed by atoms with Crippen LogP contribution in [0.25, 0.3) is 0 Å². The molecule has 1 aliphatic rings. The minimum Gasteiger partial charge on any atom is -0.316 e. The second-order valence-corrected chi connectivity index (χ2v) is 3.79. The van der Waals surface area contributed by atoms with Gasteiger partial charge < -0.3 is 5.32 Å². The molecule has 78 valence electrons. The van der Waals surface area contributed by atoms with Gasteiger partial charge in [0.2, 0.25) is 0 Å². The van der Waals surface area contributed by atoms with Crippen molar-refractivity contribution in [1.82, 2.24) is 5.32 Å². The smallest absolute Gasteiger partial charge is 0.126 e. The minimum atomic E-state index is -0.141. The highest BCUT2D eigenvalue weighted by Gasteiger charge is 2.19. The number of hydrogen-bond donors (Lipinski definition) is 1. The normalized spacial score (nSPS) is 20.6. The molecule has 0 saturated carbocycles. The van der Waals surface area contributed by atoms with Gasteiger partial charge in [0, 0.05) is 17.5 Å². The Hall–Kier alpha value is -0.310. The van der Waals surface area contributed by atoms with E-state index in [1.54, 1.807) is 12.1 Å². The van der Waals surface area contributed by atoms with Crippen LogP contribution < -0.4 is 5.32 Å². The van der Waals surface area contributed by atoms with E-state index >= 15 is 0 Å². The second kappa shape index (κ2) is 4.96. The summed E-state index contributed by atoms with van der Waals surface area (Å²) in [5.41, 5.74) is 0.748. The van der Waals surface area contributed by atoms with Gasteiger partial charge in [0.1, 0.15) is 5.82 Å². The lowest BCUT2D eigenvalue weighted by atomic mass is 9.98. The average Bonchev–Trinajstić information content (AvgIpc) is 2.61. The van der Waals surface area contributed by atoms with Gasteiger partial charge in [0.15, 0.2) is 0 Å². The SMILES string of the molecule is Cl.Fc1ccc(Cl)cc1C1CCNC1. The molecule has 1 heterocycles. The van der Waals surface area contributed by atoms with Gasteiger partial charge in [-0.25, -0.2) is 4.39 Å². The lowest BCUT2D eigenvalue weighted by Crippen LogP contribution is -2.08. The predicted molar refractivity (Wildman–Crippen MR) is 58.9 cm³/mol. The van der Waals surface area contributed by atoms with Gasteiger partial charge in [0.05, 0.1) is 0 Å². The number of hydrogen-bond acceptors (Lipinski definition) is 1. The van der Waals surface area contributed by atoms with Crippen LogP contribution >= 0.6 is 24.0 Å². The minimum absolute atomic E-state index is 0. The number of nitrogens with one attached hydrogen (secondary N) is 1. The fourth-order valence-corrected chi connectivity index (χ4v) is 1.93. The second-order valence-electron chi connectivity index (χ2n) is 3.36. The first-order chi connectivity index (χ1) is 6.27. The van der Waals surface area contributed by atoms with Crippen LogP contribution in [-0.4, -0.2) is 13.1 Å². The van der Waals surface area contributed by atoms with Crippen molar-refractivity contribution in [3.8, 4) is 0 Å². The highest BCUT2D eigenvalue weighted by atomic mass is 35.5. The fourth-order valence-electron chi connectivity index (χ4n) is 1.75. The first-order valence-electron chi connectivity index (χ1n) is 4.43. The topological polar surface area (TPSA) is 12.0 Å². The van der Waals surface area contributed by atoms with Crippen LogP contribution in [0, 0.1) is 5.82 Å². The molecule has 1 aromatic rings. The Morgan fingerprint density at radius 2 is 2.21 bits per heavy atom. The number of halogens is 3. The maximum Gasteiger partial charge on any atom is 0.126 e. The number of rotatable bonds is 1. The fraction of sp³-hybridized carbons (Fsp3) is 0.400. The maximum absolute atomic E-state index is 13.3. The summed E-state index contributed by atoms with van der Waals surface area (Å²) in [5, 5.41) is 3.82. The molecule has 1 unspecified atom stereocenters. The Morgan fingerprint density at radius 1 is 1.43 bits per heavy atom. The molecule has 0 spiro atoms. The quantitative estimate of drug-likeness (QED) is 0.790. The third-order valence-electron chi connectivity index (χ3n) is 2.46. The van der Waals surface area contributed by atoms with Crippen molar-refractivity contribution in [2.75, 3.05) is 13.1 Å². The molecular weight excluding hydrogens is 224 g/mol. The first kappa shape index (κ1) is 11.8. The van der Waals surface area contributed by atoms with E-state index in [-0.39, 0.29) is 18.2 Å². The summed E-state index contributed by atoms with van der Waals surface area (Å²) in [5.74, 6) is 0.150. The summed E-state index contributed by atoms with van der Waals surface area (Å²) in [4.78, 5) is 0. The Balaban J connectivity index is 0.000000980. The lowest BCUT2D eigenvalue weighted by Gasteiger charge is -2.09. The van der Waals surface area contributed by atoms with Crippen molar-refractivity contribution < 1.29 is 4.39 Å². The van der Waals surface area contributed by atoms with Crippen molar-refractivity contribution >= 4 is 24.0 Å². The van der Waals surface area contributed by atoms with Crippen LogP contribution in [0.1, 0.15) is 17.9 Å². The lowest BCUT2D eigenvalue weighted by molar-refractivity contribution is 0.588. The third kappa shape index (κ3) is 2.38. The summed E-state index contributed by atoms with van der Waals surface area (Å²) in [6.45, 7) is 1.83. The van der Waals surface area contributed by atoms with Crippen molar-refractivity contribution in [1.29, 1.82) is 0 Å². The molecule has 1 fully saturated rings. The monoisotopic (exact) mass is 235 g/mol. The van der Waals surface area contributed by atoms with E-state index in [9.17, 15) is 4.39 Å². The van der Waals surface area contributed by atoms with Crippen LogP contribution in [0.2, 0.25) is 5.02 Å². The van der Waals surface area contributed by atoms with Crippen LogP contribution in [0.4, 0.5) is 4.39 Å². The van der Waals surface area contributed by atoms with Crippen LogP contribution in [0.15, 0.2) is 18.2 Å². The Labute approximate surface area is 94.1 Å². The van der Waals surface area contributed by atoms with Crippen LogP contribution in [0.5, 0.6) is 0 Å². The predicted octanol–water partition coefficient (Wildman–Crippen LogP) is 2.98. The van der Waals surface area contributed by atoms with E-state index in [0.29, 0.717) is 10.9 Å². The van der Waals surface area contributed by atoms with Gasteiger partial charge in [-0.1, -0.05) is 11.6 Å². The molecule has 1 aromatic carbocycles. The van der Waals surface area contributed by atoms with E-state index < -0.39 is 0 Å². The molecule has 1 atom stereocenters. The molecule has 4 heteroatoms. The van der Waals surface area contributed by atoms with Gasteiger partial charge in [-0.2, -0.15) is 0 Å². The van der Waals surface area contributed by atoms with Crippen molar-refractivity contribution in [2.24, 2.45) is 0 Å². The summed E-state index contributed by atoms with van der Waals surface area (Å²) in [6.07, 6.45) is 0.997. The molecule has 14 heavy (non-hydrogen) atoms. The summed E-state index contributed by atoms with van der Waals surface area (Å²) < 4.78 is 13.3. The molecule has 0 aromatic heterocycles. The largest absolute Gasteiger partial charge is 0.316 e. The zero-order valence-corrected chi connectivity index (χ0v) is 9.17. The van der Waals surface area contributed by atoms with Crippen LogP contribution in [-0.2, 0) is 0 Å². The highest BCUT2D eigenvalue weighted by molar-refractivity contribution is 6.30. The summed E-state index contributed by atoms with van der Waals surface area (Å²) in [7, 11) is 0. The van der Waals surface area contributed by atoms with Gasteiger partial charge in [-0.15, -0.1) is 12.4 Å². The zero-order valence-electron chi connectivity index (χ0n) is 7.59. The van der Waals surface area contributed by atoms with Gasteiger partial charge in [0.25, 0.3) is 0 Å². The molecule has 0 amide bonds. The van der Waals surface area contributed by atoms with E-state index in [1.165, 1.54) is 6.07 Å². The molecule has 1 nitrogen and oxygen atoms in total. The van der Waals surface area contributed by atoms with Crippen molar-refractivity contribution in [3.05, 3.63) is 34.6 Å². The Bertz CT molecular complexity index is 311. The highest BCUT2D eigenvalue weighted by Crippen LogP contribution is 2.27. The Kier molecular flexibility index (Phi) is 4.17. The van der Waals surface area contributed by atoms with E-state index in [1.807, 2.05) is 0 Å². The molecule has 1 saturated heterocycles. The molecule has 0 radical (unpaired) electrons. The average molecular weight is 236 g/mol. The molecular formula is C10H12Cl2FN. The first-order valence-corrected chi connectivity index (χ1v) is 4.81. The molecule has 1 aliphatic heterocycles. The zero-order chi connectivity index (χ0) is 9.26. The maximum atomic E-state index is 13.3. The van der Waals surface area contributed by atoms with E-state index in [4.69, 9.17) is 11.6 Å². The standard InChI is InChI=1S/C10H11ClFN.ClH/c11-8-1-2-10(12)9(5-8)7-3-4-13-6-7;/h1-2,5,7,13H,3-4,6H2;1H. The Morgan fingerprint density at radius 3 is 2.86 bits per heavy atom. The van der Waals surface area contributed by atoms with Crippen LogP contribution in [0.3, 0.4) is 0 Å². The summed E-state index contributed by atoms with van der Waals surface area (Å²) in [6, 6.07) is 4.76. The van der Waals surface area contributed by atoms with Gasteiger partial charge >= 0.3 is 0 Å². The summed E-state index contributed by atoms with van der Waals surface area (Å²) >= 11 is 5.81. The van der Waals surface area contributed by atoms with E-state index in [0.717, 1.165) is 25.1 Å². The van der Waals surface area contributed by atoms with Gasteiger partial charge in [-0.3, -0.25) is 0 Å².